The van der Waals surface area contributed by atoms with Gasteiger partial charge >= 0.3 is 5.97 Å². The van der Waals surface area contributed by atoms with Gasteiger partial charge in [0, 0.05) is 27.6 Å². The number of pyridine rings is 1. The van der Waals surface area contributed by atoms with Gasteiger partial charge in [0.2, 0.25) is 5.43 Å². The lowest BCUT2D eigenvalue weighted by Crippen LogP contribution is -2.20. The SMILES string of the molecule is CCC1CCCc2sc(-c3cc(F)c4c(=O)c(C(=O)O)cn(C5CC5)c4c3F)cc21. The number of hydrogen-bond acceptors (Lipinski definition) is 3. The minimum atomic E-state index is -1.43. The zero-order valence-electron chi connectivity index (χ0n) is 16.5. The molecule has 2 aliphatic carbocycles. The van der Waals surface area contributed by atoms with Crippen molar-refractivity contribution in [2.75, 3.05) is 0 Å². The average Bonchev–Trinajstić information content (AvgIpc) is 3.47. The predicted octanol–water partition coefficient (Wildman–Crippen LogP) is 5.87. The Balaban J connectivity index is 1.78. The maximum absolute atomic E-state index is 15.8. The van der Waals surface area contributed by atoms with Crippen molar-refractivity contribution < 1.29 is 18.7 Å². The molecule has 1 aromatic carbocycles. The van der Waals surface area contributed by atoms with E-state index in [-0.39, 0.29) is 17.1 Å². The summed E-state index contributed by atoms with van der Waals surface area (Å²) in [6, 6.07) is 2.92. The number of aromatic nitrogens is 1. The van der Waals surface area contributed by atoms with Crippen molar-refractivity contribution in [2.45, 2.75) is 57.4 Å². The number of carboxylic acid groups (broad SMARTS) is 1. The molecular weight excluding hydrogens is 408 g/mol. The first-order valence-electron chi connectivity index (χ1n) is 10.3. The topological polar surface area (TPSA) is 59.3 Å². The Morgan fingerprint density at radius 1 is 1.27 bits per heavy atom. The van der Waals surface area contributed by atoms with Gasteiger partial charge in [0.25, 0.3) is 0 Å². The minimum Gasteiger partial charge on any atom is -0.477 e. The summed E-state index contributed by atoms with van der Waals surface area (Å²) in [5.41, 5.74) is -0.261. The summed E-state index contributed by atoms with van der Waals surface area (Å²) in [4.78, 5) is 26.0. The number of rotatable bonds is 4. The van der Waals surface area contributed by atoms with E-state index in [1.165, 1.54) is 32.5 Å². The van der Waals surface area contributed by atoms with Gasteiger partial charge in [0.05, 0.1) is 10.9 Å². The van der Waals surface area contributed by atoms with Gasteiger partial charge < -0.3 is 9.67 Å². The fraction of sp³-hybridized carbons (Fsp3) is 0.391. The van der Waals surface area contributed by atoms with Gasteiger partial charge in [-0.25, -0.2) is 13.6 Å². The third-order valence-corrected chi connectivity index (χ3v) is 7.60. The van der Waals surface area contributed by atoms with E-state index in [0.717, 1.165) is 44.6 Å². The molecule has 0 saturated heterocycles. The summed E-state index contributed by atoms with van der Waals surface area (Å²) in [5.74, 6) is -2.52. The largest absolute Gasteiger partial charge is 0.477 e. The summed E-state index contributed by atoms with van der Waals surface area (Å²) >= 11 is 1.49. The molecule has 1 unspecified atom stereocenters. The Morgan fingerprint density at radius 3 is 2.70 bits per heavy atom. The molecule has 1 fully saturated rings. The number of fused-ring (bicyclic) bond motifs is 2. The van der Waals surface area contributed by atoms with Crippen molar-refractivity contribution in [2.24, 2.45) is 0 Å². The van der Waals surface area contributed by atoms with E-state index in [9.17, 15) is 14.7 Å². The lowest BCUT2D eigenvalue weighted by atomic mass is 9.85. The van der Waals surface area contributed by atoms with Crippen LogP contribution in [0.4, 0.5) is 8.78 Å². The Morgan fingerprint density at radius 2 is 2.03 bits per heavy atom. The molecule has 0 spiro atoms. The highest BCUT2D eigenvalue weighted by Crippen LogP contribution is 2.44. The van der Waals surface area contributed by atoms with E-state index in [2.05, 4.69) is 6.92 Å². The number of nitrogens with zero attached hydrogens (tertiary/aromatic N) is 1. The van der Waals surface area contributed by atoms with E-state index in [1.807, 2.05) is 6.07 Å². The number of benzene rings is 1. The number of carboxylic acids is 1. The van der Waals surface area contributed by atoms with Crippen LogP contribution in [0.25, 0.3) is 21.3 Å². The van der Waals surface area contributed by atoms with E-state index in [4.69, 9.17) is 0 Å². The monoisotopic (exact) mass is 429 g/mol. The summed E-state index contributed by atoms with van der Waals surface area (Å²) in [5, 5.41) is 8.88. The first-order chi connectivity index (χ1) is 14.4. The molecule has 2 aliphatic rings. The van der Waals surface area contributed by atoms with E-state index < -0.39 is 34.0 Å². The Hall–Kier alpha value is -2.54. The fourth-order valence-corrected chi connectivity index (χ4v) is 5.95. The number of halogens is 2. The molecule has 0 bridgehead atoms. The fourth-order valence-electron chi connectivity index (χ4n) is 4.65. The first-order valence-corrected chi connectivity index (χ1v) is 11.2. The standard InChI is InChI=1S/C23H21F2NO3S/c1-2-11-4-3-5-17-13(11)9-18(30-17)14-8-16(24)19-21(20(14)25)26(12-6-7-12)10-15(22(19)27)23(28)29/h8-12H,2-7H2,1H3,(H,28,29). The lowest BCUT2D eigenvalue weighted by molar-refractivity contribution is 0.0695. The molecule has 1 N–H and O–H groups in total. The summed E-state index contributed by atoms with van der Waals surface area (Å²) in [6.07, 6.45) is 6.82. The maximum atomic E-state index is 15.8. The number of thiophene rings is 1. The third kappa shape index (κ3) is 2.90. The number of aromatic carboxylic acids is 1. The molecule has 2 aromatic heterocycles. The van der Waals surface area contributed by atoms with Crippen LogP contribution in [0, 0.1) is 11.6 Å². The van der Waals surface area contributed by atoms with Gasteiger partial charge in [-0.05, 0) is 62.1 Å². The average molecular weight is 429 g/mol. The van der Waals surface area contributed by atoms with Crippen molar-refractivity contribution in [3.8, 4) is 10.4 Å². The van der Waals surface area contributed by atoms with Gasteiger partial charge in [-0.15, -0.1) is 11.3 Å². The second kappa shape index (κ2) is 7.01. The zero-order valence-corrected chi connectivity index (χ0v) is 17.3. The third-order valence-electron chi connectivity index (χ3n) is 6.36. The smallest absolute Gasteiger partial charge is 0.341 e. The molecular formula is C23H21F2NO3S. The highest BCUT2D eigenvalue weighted by Gasteiger charge is 2.31. The van der Waals surface area contributed by atoms with Crippen molar-refractivity contribution in [1.29, 1.82) is 0 Å². The van der Waals surface area contributed by atoms with Crippen molar-refractivity contribution in [3.63, 3.8) is 0 Å². The second-order valence-corrected chi connectivity index (χ2v) is 9.38. The molecule has 0 amide bonds. The van der Waals surface area contributed by atoms with Gasteiger partial charge in [-0.1, -0.05) is 6.92 Å². The van der Waals surface area contributed by atoms with Crippen LogP contribution in [0.5, 0.6) is 0 Å². The number of hydrogen-bond donors (Lipinski definition) is 1. The minimum absolute atomic E-state index is 0.114. The van der Waals surface area contributed by atoms with Crippen LogP contribution in [0.2, 0.25) is 0 Å². The van der Waals surface area contributed by atoms with Crippen LogP contribution in [-0.4, -0.2) is 15.6 Å². The Labute approximate surface area is 175 Å². The predicted molar refractivity (Wildman–Crippen MR) is 113 cm³/mol. The van der Waals surface area contributed by atoms with Gasteiger partial charge in [0.1, 0.15) is 11.4 Å². The summed E-state index contributed by atoms with van der Waals surface area (Å²) in [7, 11) is 0. The van der Waals surface area contributed by atoms with Crippen LogP contribution in [0.15, 0.2) is 23.1 Å². The van der Waals surface area contributed by atoms with Crippen LogP contribution < -0.4 is 5.43 Å². The molecule has 4 nitrogen and oxygen atoms in total. The molecule has 1 saturated carbocycles. The van der Waals surface area contributed by atoms with Gasteiger partial charge in [-0.3, -0.25) is 4.79 Å². The lowest BCUT2D eigenvalue weighted by Gasteiger charge is -2.20. The quantitative estimate of drug-likeness (QED) is 0.564. The molecule has 156 valence electrons. The van der Waals surface area contributed by atoms with Crippen molar-refractivity contribution in [1.82, 2.24) is 4.57 Å². The van der Waals surface area contributed by atoms with Crippen molar-refractivity contribution in [3.05, 3.63) is 56.2 Å². The number of carbonyl (C=O) groups is 1. The molecule has 0 aliphatic heterocycles. The highest BCUT2D eigenvalue weighted by molar-refractivity contribution is 7.15. The molecule has 3 aromatic rings. The van der Waals surface area contributed by atoms with Gasteiger partial charge in [-0.2, -0.15) is 0 Å². The van der Waals surface area contributed by atoms with Crippen LogP contribution in [0.1, 0.15) is 71.8 Å². The normalized spacial score (nSPS) is 18.6. The second-order valence-electron chi connectivity index (χ2n) is 8.25. The summed E-state index contributed by atoms with van der Waals surface area (Å²) < 4.78 is 32.4. The molecule has 2 heterocycles. The Kier molecular flexibility index (Phi) is 4.54. The molecule has 1 atom stereocenters. The maximum Gasteiger partial charge on any atom is 0.341 e. The zero-order chi connectivity index (χ0) is 21.2. The van der Waals surface area contributed by atoms with Crippen LogP contribution >= 0.6 is 11.3 Å². The van der Waals surface area contributed by atoms with Crippen molar-refractivity contribution >= 4 is 28.2 Å². The van der Waals surface area contributed by atoms with Crippen LogP contribution in [0.3, 0.4) is 0 Å². The highest BCUT2D eigenvalue weighted by atomic mass is 32.1. The summed E-state index contributed by atoms with van der Waals surface area (Å²) in [6.45, 7) is 2.14. The van der Waals surface area contributed by atoms with E-state index >= 15 is 8.78 Å². The number of aryl methyl sites for hydroxylation is 1. The molecule has 0 radical (unpaired) electrons. The van der Waals surface area contributed by atoms with E-state index in [1.54, 1.807) is 0 Å². The van der Waals surface area contributed by atoms with E-state index in [0.29, 0.717) is 10.8 Å². The molecule has 7 heteroatoms. The Bertz CT molecular complexity index is 1260. The van der Waals surface area contributed by atoms with Gasteiger partial charge in [0.15, 0.2) is 5.82 Å². The molecule has 30 heavy (non-hydrogen) atoms. The van der Waals surface area contributed by atoms with Crippen LogP contribution in [-0.2, 0) is 6.42 Å². The first kappa shape index (κ1) is 19.4. The molecule has 5 rings (SSSR count).